The Kier molecular flexibility index (Phi) is 6.16. The normalized spacial score (nSPS) is 14.0. The fraction of sp³-hybridized carbons (Fsp3) is 0.312. The molecule has 0 heterocycles. The van der Waals surface area contributed by atoms with E-state index in [2.05, 4.69) is 46.3 Å². The maximum atomic E-state index is 5.82. The highest BCUT2D eigenvalue weighted by Crippen LogP contribution is 2.16. The van der Waals surface area contributed by atoms with Crippen LogP contribution in [0.2, 0.25) is 0 Å². The molecular weight excluding hydrogens is 291 g/mol. The first-order valence-electron chi connectivity index (χ1n) is 6.71. The van der Waals surface area contributed by atoms with Crippen LogP contribution < -0.4 is 4.90 Å². The summed E-state index contributed by atoms with van der Waals surface area (Å²) >= 11 is 11.6. The molecule has 0 atom stereocenters. The molecule has 0 aliphatic heterocycles. The van der Waals surface area contributed by atoms with Crippen molar-refractivity contribution in [2.24, 2.45) is 4.99 Å². The van der Waals surface area contributed by atoms with Gasteiger partial charge in [0.1, 0.15) is 0 Å². The Labute approximate surface area is 130 Å². The van der Waals surface area contributed by atoms with Crippen LogP contribution in [0.15, 0.2) is 53.2 Å². The second kappa shape index (κ2) is 8.13. The number of halogens is 2. The summed E-state index contributed by atoms with van der Waals surface area (Å²) in [5, 5.41) is 0. The fourth-order valence-electron chi connectivity index (χ4n) is 2.04. The first-order valence-corrected chi connectivity index (χ1v) is 7.78. The smallest absolute Gasteiger partial charge is 0.0590 e. The predicted octanol–water partition coefficient (Wildman–Crippen LogP) is 4.23. The number of aliphatic imine (C=N–C) groups is 1. The highest BCUT2D eigenvalue weighted by Gasteiger charge is 2.04. The zero-order chi connectivity index (χ0) is 14.2. The molecule has 0 saturated carbocycles. The van der Waals surface area contributed by atoms with Crippen LogP contribution in [0.4, 0.5) is 5.69 Å². The molecule has 1 aliphatic rings. The minimum absolute atomic E-state index is 0.598. The lowest BCUT2D eigenvalue weighted by molar-refractivity contribution is 0.874. The lowest BCUT2D eigenvalue weighted by atomic mass is 10.2. The van der Waals surface area contributed by atoms with E-state index in [0.29, 0.717) is 11.8 Å². The maximum Gasteiger partial charge on any atom is 0.0590 e. The lowest BCUT2D eigenvalue weighted by Gasteiger charge is -2.22. The van der Waals surface area contributed by atoms with Gasteiger partial charge in [0, 0.05) is 36.8 Å². The van der Waals surface area contributed by atoms with E-state index < -0.39 is 0 Å². The molecule has 0 bridgehead atoms. The summed E-state index contributed by atoms with van der Waals surface area (Å²) in [5.74, 6) is 1.20. The van der Waals surface area contributed by atoms with E-state index in [-0.39, 0.29) is 0 Å². The largest absolute Gasteiger partial charge is 0.369 e. The van der Waals surface area contributed by atoms with Crippen molar-refractivity contribution >= 4 is 35.1 Å². The molecule has 0 fully saturated rings. The Morgan fingerprint density at radius 3 is 2.35 bits per heavy atom. The Balaban J connectivity index is 2.02. The molecule has 0 unspecified atom stereocenters. The highest BCUT2D eigenvalue weighted by molar-refractivity contribution is 6.18. The minimum atomic E-state index is 0.598. The van der Waals surface area contributed by atoms with Gasteiger partial charge in [-0.05, 0) is 30.2 Å². The first kappa shape index (κ1) is 15.1. The van der Waals surface area contributed by atoms with Crippen LogP contribution in [0.1, 0.15) is 12.0 Å². The van der Waals surface area contributed by atoms with Crippen molar-refractivity contribution in [3.8, 4) is 0 Å². The van der Waals surface area contributed by atoms with E-state index in [1.807, 2.05) is 12.3 Å². The summed E-state index contributed by atoms with van der Waals surface area (Å²) in [7, 11) is 0. The van der Waals surface area contributed by atoms with E-state index in [1.165, 1.54) is 0 Å². The van der Waals surface area contributed by atoms with Crippen LogP contribution in [0.5, 0.6) is 0 Å². The highest BCUT2D eigenvalue weighted by atomic mass is 35.5. The number of hydrogen-bond acceptors (Lipinski definition) is 2. The van der Waals surface area contributed by atoms with Crippen molar-refractivity contribution in [1.29, 1.82) is 0 Å². The molecule has 106 valence electrons. The summed E-state index contributed by atoms with van der Waals surface area (Å²) in [5.41, 5.74) is 3.26. The van der Waals surface area contributed by atoms with Gasteiger partial charge in [-0.25, -0.2) is 0 Å². The number of anilines is 1. The van der Waals surface area contributed by atoms with Gasteiger partial charge in [-0.2, -0.15) is 0 Å². The van der Waals surface area contributed by atoms with Crippen molar-refractivity contribution in [2.75, 3.05) is 29.7 Å². The Bertz CT molecular complexity index is 498. The maximum absolute atomic E-state index is 5.82. The molecule has 20 heavy (non-hydrogen) atoms. The summed E-state index contributed by atoms with van der Waals surface area (Å²) in [6.07, 6.45) is 9.11. The van der Waals surface area contributed by atoms with Crippen molar-refractivity contribution in [3.05, 3.63) is 53.8 Å². The van der Waals surface area contributed by atoms with Crippen molar-refractivity contribution in [3.63, 3.8) is 0 Å². The van der Waals surface area contributed by atoms with E-state index in [0.717, 1.165) is 36.5 Å². The predicted molar refractivity (Wildman–Crippen MR) is 89.5 cm³/mol. The molecule has 1 aromatic rings. The summed E-state index contributed by atoms with van der Waals surface area (Å²) in [6, 6.07) is 8.29. The Hall–Kier alpha value is -1.25. The zero-order valence-corrected chi connectivity index (χ0v) is 12.8. The molecule has 0 saturated heterocycles. The van der Waals surface area contributed by atoms with Crippen molar-refractivity contribution in [1.82, 2.24) is 0 Å². The molecule has 2 nitrogen and oxygen atoms in total. The van der Waals surface area contributed by atoms with Crippen LogP contribution in [0, 0.1) is 0 Å². The van der Waals surface area contributed by atoms with Gasteiger partial charge in [-0.3, -0.25) is 4.99 Å². The number of nitrogens with zero attached hydrogens (tertiary/aromatic N) is 2. The van der Waals surface area contributed by atoms with Crippen LogP contribution >= 0.6 is 23.2 Å². The quantitative estimate of drug-likeness (QED) is 0.543. The second-order valence-corrected chi connectivity index (χ2v) is 5.24. The number of allylic oxidation sites excluding steroid dienone is 3. The number of benzene rings is 1. The molecule has 1 aliphatic carbocycles. The molecule has 0 amide bonds. The molecule has 0 aromatic heterocycles. The lowest BCUT2D eigenvalue weighted by Crippen LogP contribution is -2.27. The molecule has 2 rings (SSSR count). The first-order chi connectivity index (χ1) is 9.83. The van der Waals surface area contributed by atoms with E-state index in [1.54, 1.807) is 0 Å². The Morgan fingerprint density at radius 1 is 1.10 bits per heavy atom. The monoisotopic (exact) mass is 308 g/mol. The number of rotatable bonds is 7. The fourth-order valence-corrected chi connectivity index (χ4v) is 2.44. The van der Waals surface area contributed by atoms with Crippen LogP contribution in [0.25, 0.3) is 0 Å². The summed E-state index contributed by atoms with van der Waals surface area (Å²) in [4.78, 5) is 6.62. The third-order valence-electron chi connectivity index (χ3n) is 3.08. The average Bonchev–Trinajstić information content (AvgIpc) is 2.99. The molecule has 0 spiro atoms. The molecule has 0 radical (unpaired) electrons. The van der Waals surface area contributed by atoms with Crippen LogP contribution in [-0.2, 0) is 0 Å². The minimum Gasteiger partial charge on any atom is -0.369 e. The van der Waals surface area contributed by atoms with Gasteiger partial charge >= 0.3 is 0 Å². The summed E-state index contributed by atoms with van der Waals surface area (Å²) < 4.78 is 0. The van der Waals surface area contributed by atoms with Gasteiger partial charge in [0.15, 0.2) is 0 Å². The van der Waals surface area contributed by atoms with Crippen LogP contribution in [-0.4, -0.2) is 31.1 Å². The molecule has 0 N–H and O–H groups in total. The van der Waals surface area contributed by atoms with E-state index >= 15 is 0 Å². The van der Waals surface area contributed by atoms with Gasteiger partial charge < -0.3 is 4.90 Å². The summed E-state index contributed by atoms with van der Waals surface area (Å²) in [6.45, 7) is 1.61. The number of hydrogen-bond donors (Lipinski definition) is 0. The van der Waals surface area contributed by atoms with E-state index in [9.17, 15) is 0 Å². The van der Waals surface area contributed by atoms with Crippen LogP contribution in [0.3, 0.4) is 0 Å². The van der Waals surface area contributed by atoms with Gasteiger partial charge in [-0.15, -0.1) is 23.2 Å². The second-order valence-electron chi connectivity index (χ2n) is 4.48. The average molecular weight is 309 g/mol. The zero-order valence-electron chi connectivity index (χ0n) is 11.3. The SMILES string of the molecule is ClCCN(CCCl)c1ccc(C=NC2=CCC=C2)cc1. The molecular formula is C16H18Cl2N2. The Morgan fingerprint density at radius 2 is 1.80 bits per heavy atom. The number of alkyl halides is 2. The van der Waals surface area contributed by atoms with Gasteiger partial charge in [-0.1, -0.05) is 24.3 Å². The van der Waals surface area contributed by atoms with Crippen molar-refractivity contribution in [2.45, 2.75) is 6.42 Å². The van der Waals surface area contributed by atoms with E-state index in [4.69, 9.17) is 23.2 Å². The van der Waals surface area contributed by atoms with Gasteiger partial charge in [0.25, 0.3) is 0 Å². The standard InChI is InChI=1S/C16H18Cl2N2/c17-9-11-20(12-10-18)16-7-5-14(6-8-16)13-19-15-3-1-2-4-15/h1,3-8,13H,2,9-12H2. The molecule has 1 aromatic carbocycles. The van der Waals surface area contributed by atoms with Gasteiger partial charge in [0.2, 0.25) is 0 Å². The topological polar surface area (TPSA) is 15.6 Å². The third-order valence-corrected chi connectivity index (χ3v) is 3.42. The van der Waals surface area contributed by atoms with Gasteiger partial charge in [0.05, 0.1) is 5.70 Å². The van der Waals surface area contributed by atoms with Crippen molar-refractivity contribution < 1.29 is 0 Å². The third kappa shape index (κ3) is 4.39. The molecule has 4 heteroatoms.